The highest BCUT2D eigenvalue weighted by atomic mass is 15.1. The maximum Gasteiger partial charge on any atom is 0.140 e. The number of rotatable bonds is 4. The van der Waals surface area contributed by atoms with Crippen LogP contribution in [0.1, 0.15) is 31.7 Å². The molecule has 5 nitrogen and oxygen atoms in total. The van der Waals surface area contributed by atoms with E-state index in [1.54, 1.807) is 6.20 Å². The Labute approximate surface area is 142 Å². The zero-order valence-electron chi connectivity index (χ0n) is 13.8. The van der Waals surface area contributed by atoms with Crippen LogP contribution in [0.15, 0.2) is 55.4 Å². The summed E-state index contributed by atoms with van der Waals surface area (Å²) >= 11 is 0. The lowest BCUT2D eigenvalue weighted by atomic mass is 9.85. The average Bonchev–Trinajstić information content (AvgIpc) is 3.33. The summed E-state index contributed by atoms with van der Waals surface area (Å²) < 4.78 is 4.34. The normalized spacial score (nSPS) is 21.0. The molecule has 1 aliphatic carbocycles. The van der Waals surface area contributed by atoms with Gasteiger partial charge < -0.3 is 14.9 Å². The van der Waals surface area contributed by atoms with Crippen LogP contribution in [0.25, 0.3) is 17.1 Å². The molecule has 5 heteroatoms. The van der Waals surface area contributed by atoms with Crippen LogP contribution in [0.3, 0.4) is 0 Å². The van der Waals surface area contributed by atoms with E-state index in [0.29, 0.717) is 12.0 Å². The molecule has 124 valence electrons. The Hall–Kier alpha value is -2.40. The molecular weight excluding hydrogens is 298 g/mol. The molecular formula is C19H23N5. The summed E-state index contributed by atoms with van der Waals surface area (Å²) in [5.74, 6) is 1.69. The molecule has 0 saturated heterocycles. The molecule has 0 aliphatic heterocycles. The molecule has 0 spiro atoms. The molecule has 1 saturated carbocycles. The predicted molar refractivity (Wildman–Crippen MR) is 94.8 cm³/mol. The van der Waals surface area contributed by atoms with E-state index in [1.807, 2.05) is 23.3 Å². The molecule has 2 heterocycles. The highest BCUT2D eigenvalue weighted by molar-refractivity contribution is 5.58. The maximum absolute atomic E-state index is 5.90. The first kappa shape index (κ1) is 15.1. The van der Waals surface area contributed by atoms with Gasteiger partial charge in [0.2, 0.25) is 0 Å². The van der Waals surface area contributed by atoms with Crippen molar-refractivity contribution in [2.24, 2.45) is 11.7 Å². The van der Waals surface area contributed by atoms with Crippen molar-refractivity contribution in [2.75, 3.05) is 6.54 Å². The van der Waals surface area contributed by atoms with Crippen LogP contribution in [0, 0.1) is 5.92 Å². The predicted octanol–water partition coefficient (Wildman–Crippen LogP) is 3.43. The summed E-state index contributed by atoms with van der Waals surface area (Å²) in [5, 5.41) is 0. The number of nitrogens with zero attached hydrogens (tertiary/aromatic N) is 4. The Morgan fingerprint density at radius 2 is 1.96 bits per heavy atom. The maximum atomic E-state index is 5.90. The van der Waals surface area contributed by atoms with Gasteiger partial charge in [-0.2, -0.15) is 0 Å². The van der Waals surface area contributed by atoms with Gasteiger partial charge >= 0.3 is 0 Å². The van der Waals surface area contributed by atoms with Gasteiger partial charge in [0.1, 0.15) is 5.82 Å². The zero-order chi connectivity index (χ0) is 16.4. The lowest BCUT2D eigenvalue weighted by molar-refractivity contribution is 0.273. The second-order valence-electron chi connectivity index (χ2n) is 6.60. The Bertz CT molecular complexity index is 772. The third-order valence-electron chi connectivity index (χ3n) is 5.08. The number of benzene rings is 1. The third-order valence-corrected chi connectivity index (χ3v) is 5.08. The van der Waals surface area contributed by atoms with Gasteiger partial charge in [0, 0.05) is 42.1 Å². The molecule has 3 aromatic rings. The number of aromatic nitrogens is 4. The van der Waals surface area contributed by atoms with Crippen LogP contribution < -0.4 is 5.73 Å². The summed E-state index contributed by atoms with van der Waals surface area (Å²) in [6.07, 6.45) is 14.5. The van der Waals surface area contributed by atoms with Gasteiger partial charge in [0.15, 0.2) is 0 Å². The van der Waals surface area contributed by atoms with E-state index in [4.69, 9.17) is 5.73 Å². The van der Waals surface area contributed by atoms with Crippen molar-refractivity contribution < 1.29 is 0 Å². The van der Waals surface area contributed by atoms with E-state index < -0.39 is 0 Å². The number of hydrogen-bond acceptors (Lipinski definition) is 3. The minimum atomic E-state index is 0.512. The van der Waals surface area contributed by atoms with E-state index in [1.165, 1.54) is 19.3 Å². The summed E-state index contributed by atoms with van der Waals surface area (Å²) in [7, 11) is 0. The Morgan fingerprint density at radius 1 is 1.08 bits per heavy atom. The van der Waals surface area contributed by atoms with Crippen LogP contribution >= 0.6 is 0 Å². The van der Waals surface area contributed by atoms with Crippen LogP contribution in [0.2, 0.25) is 0 Å². The molecule has 0 bridgehead atoms. The number of imidazole rings is 2. The van der Waals surface area contributed by atoms with Gasteiger partial charge in [-0.15, -0.1) is 0 Å². The van der Waals surface area contributed by atoms with Crippen molar-refractivity contribution in [3.05, 3.63) is 55.4 Å². The molecule has 1 aliphatic rings. The molecule has 24 heavy (non-hydrogen) atoms. The standard InChI is InChI=1S/C19H23N5/c20-13-15-2-1-3-18(12-15)24-11-9-22-19(24)16-4-6-17(7-5-16)23-10-8-21-14-23/h4-11,14-15,18H,1-3,12-13,20H2/t15-,18+/m0/s1. The zero-order valence-corrected chi connectivity index (χ0v) is 13.8. The van der Waals surface area contributed by atoms with E-state index in [0.717, 1.165) is 30.0 Å². The topological polar surface area (TPSA) is 61.7 Å². The SMILES string of the molecule is NC[C@H]1CCC[C@@H](n2ccnc2-c2ccc(-n3ccnc3)cc2)C1. The number of hydrogen-bond donors (Lipinski definition) is 1. The fourth-order valence-corrected chi connectivity index (χ4v) is 3.76. The summed E-state index contributed by atoms with van der Waals surface area (Å²) in [6.45, 7) is 0.792. The van der Waals surface area contributed by atoms with Crippen molar-refractivity contribution in [3.8, 4) is 17.1 Å². The lowest BCUT2D eigenvalue weighted by Gasteiger charge is -2.30. The Morgan fingerprint density at radius 3 is 2.71 bits per heavy atom. The minimum absolute atomic E-state index is 0.512. The largest absolute Gasteiger partial charge is 0.330 e. The Kier molecular flexibility index (Phi) is 4.17. The minimum Gasteiger partial charge on any atom is -0.330 e. The molecule has 2 aromatic heterocycles. The molecule has 2 atom stereocenters. The second kappa shape index (κ2) is 6.61. The lowest BCUT2D eigenvalue weighted by Crippen LogP contribution is -2.24. The van der Waals surface area contributed by atoms with Gasteiger partial charge in [-0.1, -0.05) is 6.42 Å². The number of nitrogens with two attached hydrogens (primary N) is 1. The van der Waals surface area contributed by atoms with Gasteiger partial charge in [0.25, 0.3) is 0 Å². The van der Waals surface area contributed by atoms with E-state index in [-0.39, 0.29) is 0 Å². The molecule has 4 rings (SSSR count). The average molecular weight is 321 g/mol. The quantitative estimate of drug-likeness (QED) is 0.801. The van der Waals surface area contributed by atoms with Crippen molar-refractivity contribution in [2.45, 2.75) is 31.7 Å². The summed E-state index contributed by atoms with van der Waals surface area (Å²) in [6, 6.07) is 9.01. The smallest absolute Gasteiger partial charge is 0.140 e. The summed E-state index contributed by atoms with van der Waals surface area (Å²) in [5.41, 5.74) is 8.16. The van der Waals surface area contributed by atoms with Crippen molar-refractivity contribution >= 4 is 0 Å². The van der Waals surface area contributed by atoms with Crippen LogP contribution in [-0.4, -0.2) is 25.6 Å². The van der Waals surface area contributed by atoms with Crippen molar-refractivity contribution in [3.63, 3.8) is 0 Å². The highest BCUT2D eigenvalue weighted by Gasteiger charge is 2.24. The fraction of sp³-hybridized carbons (Fsp3) is 0.368. The fourth-order valence-electron chi connectivity index (χ4n) is 3.76. The first-order chi connectivity index (χ1) is 11.8. The van der Waals surface area contributed by atoms with Gasteiger partial charge in [-0.3, -0.25) is 0 Å². The van der Waals surface area contributed by atoms with E-state index >= 15 is 0 Å². The summed E-state index contributed by atoms with van der Waals surface area (Å²) in [4.78, 5) is 8.72. The first-order valence-electron chi connectivity index (χ1n) is 8.67. The molecule has 0 amide bonds. The van der Waals surface area contributed by atoms with Crippen LogP contribution in [0.5, 0.6) is 0 Å². The van der Waals surface area contributed by atoms with E-state index in [9.17, 15) is 0 Å². The highest BCUT2D eigenvalue weighted by Crippen LogP contribution is 2.34. The second-order valence-corrected chi connectivity index (χ2v) is 6.60. The van der Waals surface area contributed by atoms with Gasteiger partial charge in [-0.25, -0.2) is 9.97 Å². The molecule has 1 fully saturated rings. The molecule has 0 radical (unpaired) electrons. The van der Waals surface area contributed by atoms with Crippen molar-refractivity contribution in [1.29, 1.82) is 0 Å². The third kappa shape index (κ3) is 2.87. The van der Waals surface area contributed by atoms with Crippen molar-refractivity contribution in [1.82, 2.24) is 19.1 Å². The van der Waals surface area contributed by atoms with Gasteiger partial charge in [-0.05, 0) is 56.0 Å². The molecule has 1 aromatic carbocycles. The monoisotopic (exact) mass is 321 g/mol. The van der Waals surface area contributed by atoms with Crippen LogP contribution in [0.4, 0.5) is 0 Å². The Balaban J connectivity index is 1.60. The molecule has 2 N–H and O–H groups in total. The van der Waals surface area contributed by atoms with Gasteiger partial charge in [0.05, 0.1) is 6.33 Å². The molecule has 0 unspecified atom stereocenters. The first-order valence-corrected chi connectivity index (χ1v) is 8.67. The van der Waals surface area contributed by atoms with E-state index in [2.05, 4.69) is 45.0 Å². The van der Waals surface area contributed by atoms with Crippen LogP contribution in [-0.2, 0) is 0 Å².